The average molecular weight is 254 g/mol. The maximum atomic E-state index is 13.5. The first-order valence-electron chi connectivity index (χ1n) is 6.46. The minimum absolute atomic E-state index is 0.188. The molecule has 0 bridgehead atoms. The van der Waals surface area contributed by atoms with Crippen molar-refractivity contribution < 1.29 is 8.78 Å². The van der Waals surface area contributed by atoms with E-state index in [0.717, 1.165) is 25.6 Å². The van der Waals surface area contributed by atoms with Gasteiger partial charge in [-0.1, -0.05) is 0 Å². The highest BCUT2D eigenvalue weighted by molar-refractivity contribution is 5.45. The van der Waals surface area contributed by atoms with Crippen molar-refractivity contribution in [2.45, 2.75) is 25.8 Å². The van der Waals surface area contributed by atoms with Crippen LogP contribution in [0.2, 0.25) is 0 Å². The zero-order valence-corrected chi connectivity index (χ0v) is 10.9. The summed E-state index contributed by atoms with van der Waals surface area (Å²) in [5.74, 6) is -0.553. The van der Waals surface area contributed by atoms with Gasteiger partial charge in [0, 0.05) is 18.7 Å². The van der Waals surface area contributed by atoms with Crippen molar-refractivity contribution in [1.29, 1.82) is 0 Å². The van der Waals surface area contributed by atoms with Gasteiger partial charge >= 0.3 is 0 Å². The summed E-state index contributed by atoms with van der Waals surface area (Å²) in [4.78, 5) is 2.30. The third-order valence-electron chi connectivity index (χ3n) is 3.68. The van der Waals surface area contributed by atoms with Gasteiger partial charge in [0.05, 0.1) is 5.69 Å². The first-order valence-corrected chi connectivity index (χ1v) is 6.46. The monoisotopic (exact) mass is 254 g/mol. The number of piperidine rings is 1. The summed E-state index contributed by atoms with van der Waals surface area (Å²) in [6.45, 7) is 4.22. The molecule has 1 aliphatic heterocycles. The van der Waals surface area contributed by atoms with Crippen molar-refractivity contribution in [1.82, 2.24) is 4.90 Å². The molecule has 0 radical (unpaired) electrons. The van der Waals surface area contributed by atoms with Crippen LogP contribution in [-0.4, -0.2) is 31.1 Å². The van der Waals surface area contributed by atoms with E-state index in [-0.39, 0.29) is 6.04 Å². The van der Waals surface area contributed by atoms with Gasteiger partial charge in [-0.25, -0.2) is 8.78 Å². The molecule has 18 heavy (non-hydrogen) atoms. The fraction of sp³-hybridized carbons (Fsp3) is 0.571. The molecule has 2 atom stereocenters. The number of hydrogen-bond donors (Lipinski definition) is 1. The van der Waals surface area contributed by atoms with E-state index in [1.54, 1.807) is 0 Å². The van der Waals surface area contributed by atoms with E-state index in [0.29, 0.717) is 11.6 Å². The SMILES string of the molecule is CC(Nc1ccc(F)cc1F)C1CCCN(C)C1. The zero-order valence-electron chi connectivity index (χ0n) is 10.9. The quantitative estimate of drug-likeness (QED) is 0.891. The maximum absolute atomic E-state index is 13.5. The minimum atomic E-state index is -0.539. The van der Waals surface area contributed by atoms with Crippen molar-refractivity contribution >= 4 is 5.69 Å². The normalized spacial score (nSPS) is 22.8. The largest absolute Gasteiger partial charge is 0.380 e. The molecule has 1 aliphatic rings. The molecule has 1 aromatic carbocycles. The van der Waals surface area contributed by atoms with Crippen molar-refractivity contribution in [3.63, 3.8) is 0 Å². The summed E-state index contributed by atoms with van der Waals surface area (Å²) >= 11 is 0. The highest BCUT2D eigenvalue weighted by atomic mass is 19.1. The van der Waals surface area contributed by atoms with E-state index in [1.807, 2.05) is 0 Å². The average Bonchev–Trinajstić information content (AvgIpc) is 2.32. The van der Waals surface area contributed by atoms with E-state index in [2.05, 4.69) is 24.2 Å². The van der Waals surface area contributed by atoms with Crippen LogP contribution in [0.3, 0.4) is 0 Å². The van der Waals surface area contributed by atoms with Crippen LogP contribution in [-0.2, 0) is 0 Å². The predicted molar refractivity (Wildman–Crippen MR) is 69.7 cm³/mol. The van der Waals surface area contributed by atoms with Crippen LogP contribution >= 0.6 is 0 Å². The molecule has 100 valence electrons. The second kappa shape index (κ2) is 5.65. The van der Waals surface area contributed by atoms with Gasteiger partial charge in [-0.3, -0.25) is 0 Å². The highest BCUT2D eigenvalue weighted by Crippen LogP contribution is 2.23. The summed E-state index contributed by atoms with van der Waals surface area (Å²) in [5.41, 5.74) is 0.386. The third kappa shape index (κ3) is 3.19. The van der Waals surface area contributed by atoms with Crippen LogP contribution in [0.15, 0.2) is 18.2 Å². The Bertz CT molecular complexity index is 409. The Morgan fingerprint density at radius 2 is 2.17 bits per heavy atom. The van der Waals surface area contributed by atoms with Gasteiger partial charge in [-0.15, -0.1) is 0 Å². The second-order valence-corrected chi connectivity index (χ2v) is 5.22. The smallest absolute Gasteiger partial charge is 0.149 e. The molecule has 2 rings (SSSR count). The lowest BCUT2D eigenvalue weighted by Gasteiger charge is -2.34. The van der Waals surface area contributed by atoms with Crippen LogP contribution in [0.25, 0.3) is 0 Å². The van der Waals surface area contributed by atoms with Crippen LogP contribution in [0.4, 0.5) is 14.5 Å². The molecule has 1 aromatic rings. The lowest BCUT2D eigenvalue weighted by atomic mass is 9.91. The van der Waals surface area contributed by atoms with Gasteiger partial charge in [-0.05, 0) is 51.4 Å². The number of nitrogens with one attached hydrogen (secondary N) is 1. The van der Waals surface area contributed by atoms with Gasteiger partial charge in [-0.2, -0.15) is 0 Å². The Morgan fingerprint density at radius 1 is 1.39 bits per heavy atom. The highest BCUT2D eigenvalue weighted by Gasteiger charge is 2.23. The Kier molecular flexibility index (Phi) is 4.17. The van der Waals surface area contributed by atoms with E-state index in [1.165, 1.54) is 18.6 Å². The van der Waals surface area contributed by atoms with Crippen LogP contribution in [0, 0.1) is 17.6 Å². The van der Waals surface area contributed by atoms with Gasteiger partial charge in [0.15, 0.2) is 0 Å². The fourth-order valence-corrected chi connectivity index (χ4v) is 2.58. The minimum Gasteiger partial charge on any atom is -0.380 e. The molecule has 4 heteroatoms. The fourth-order valence-electron chi connectivity index (χ4n) is 2.58. The van der Waals surface area contributed by atoms with E-state index in [4.69, 9.17) is 0 Å². The van der Waals surface area contributed by atoms with Gasteiger partial charge in [0.1, 0.15) is 11.6 Å². The molecule has 0 aliphatic carbocycles. The maximum Gasteiger partial charge on any atom is 0.149 e. The van der Waals surface area contributed by atoms with Gasteiger partial charge in [0.2, 0.25) is 0 Å². The molecule has 1 saturated heterocycles. The molecule has 1 fully saturated rings. The molecule has 2 nitrogen and oxygen atoms in total. The number of benzene rings is 1. The number of hydrogen-bond acceptors (Lipinski definition) is 2. The van der Waals surface area contributed by atoms with Crippen LogP contribution in [0.1, 0.15) is 19.8 Å². The first-order chi connectivity index (χ1) is 8.56. The Hall–Kier alpha value is -1.16. The Balaban J connectivity index is 1.99. The second-order valence-electron chi connectivity index (χ2n) is 5.22. The molecular formula is C14H20F2N2. The number of nitrogens with zero attached hydrogens (tertiary/aromatic N) is 1. The summed E-state index contributed by atoms with van der Waals surface area (Å²) in [6.07, 6.45) is 2.33. The summed E-state index contributed by atoms with van der Waals surface area (Å²) in [7, 11) is 2.11. The van der Waals surface area contributed by atoms with Crippen molar-refractivity contribution in [2.75, 3.05) is 25.5 Å². The Morgan fingerprint density at radius 3 is 2.83 bits per heavy atom. The van der Waals surface area contributed by atoms with E-state index in [9.17, 15) is 8.78 Å². The van der Waals surface area contributed by atoms with E-state index < -0.39 is 11.6 Å². The summed E-state index contributed by atoms with van der Waals surface area (Å²) in [6, 6.07) is 3.86. The molecule has 0 saturated carbocycles. The van der Waals surface area contributed by atoms with Crippen molar-refractivity contribution in [3.8, 4) is 0 Å². The standard InChI is InChI=1S/C14H20F2N2/c1-10(11-4-3-7-18(2)9-11)17-14-6-5-12(15)8-13(14)16/h5-6,8,10-11,17H,3-4,7,9H2,1-2H3. The summed E-state index contributed by atoms with van der Waals surface area (Å²) in [5, 5.41) is 3.16. The number of halogens is 2. The topological polar surface area (TPSA) is 15.3 Å². The summed E-state index contributed by atoms with van der Waals surface area (Å²) < 4.78 is 26.4. The number of rotatable bonds is 3. The van der Waals surface area contributed by atoms with Crippen molar-refractivity contribution in [2.24, 2.45) is 5.92 Å². The number of anilines is 1. The molecule has 2 unspecified atom stereocenters. The third-order valence-corrected chi connectivity index (χ3v) is 3.68. The molecule has 0 spiro atoms. The van der Waals surface area contributed by atoms with Crippen LogP contribution in [0.5, 0.6) is 0 Å². The molecule has 1 heterocycles. The van der Waals surface area contributed by atoms with Gasteiger partial charge < -0.3 is 10.2 Å². The first kappa shape index (κ1) is 13.3. The molecule has 0 amide bonds. The van der Waals surface area contributed by atoms with Crippen LogP contribution < -0.4 is 5.32 Å². The molecule has 0 aromatic heterocycles. The molecular weight excluding hydrogens is 234 g/mol. The Labute approximate surface area is 107 Å². The lowest BCUT2D eigenvalue weighted by Crippen LogP contribution is -2.40. The zero-order chi connectivity index (χ0) is 13.1. The van der Waals surface area contributed by atoms with Gasteiger partial charge in [0.25, 0.3) is 0 Å². The van der Waals surface area contributed by atoms with Crippen molar-refractivity contribution in [3.05, 3.63) is 29.8 Å². The lowest BCUT2D eigenvalue weighted by molar-refractivity contribution is 0.197. The predicted octanol–water partition coefficient (Wildman–Crippen LogP) is 3.11. The molecule has 1 N–H and O–H groups in total. The number of likely N-dealkylation sites (tertiary alicyclic amines) is 1. The van der Waals surface area contributed by atoms with E-state index >= 15 is 0 Å².